The molecule has 23 heavy (non-hydrogen) atoms. The molecule has 1 aliphatic rings. The second kappa shape index (κ2) is 8.34. The van der Waals surface area contributed by atoms with Crippen molar-refractivity contribution in [2.24, 2.45) is 13.0 Å². The van der Waals surface area contributed by atoms with Crippen molar-refractivity contribution in [1.29, 1.82) is 0 Å². The zero-order valence-electron chi connectivity index (χ0n) is 15.0. The molecule has 6 heteroatoms. The highest BCUT2D eigenvalue weighted by atomic mass is 16.2. The Morgan fingerprint density at radius 1 is 1.26 bits per heavy atom. The van der Waals surface area contributed by atoms with Gasteiger partial charge in [0.1, 0.15) is 0 Å². The first-order valence-corrected chi connectivity index (χ1v) is 8.78. The molecule has 1 aromatic heterocycles. The van der Waals surface area contributed by atoms with Crippen LogP contribution >= 0.6 is 0 Å². The molecule has 130 valence electrons. The summed E-state index contributed by atoms with van der Waals surface area (Å²) in [4.78, 5) is 14.4. The van der Waals surface area contributed by atoms with Gasteiger partial charge < -0.3 is 15.5 Å². The van der Waals surface area contributed by atoms with Gasteiger partial charge in [0.2, 0.25) is 0 Å². The average Bonchev–Trinajstić information content (AvgIpc) is 2.85. The minimum absolute atomic E-state index is 0.0776. The van der Waals surface area contributed by atoms with Gasteiger partial charge in [-0.05, 0) is 45.2 Å². The molecule has 0 radical (unpaired) electrons. The fraction of sp³-hybridized carbons (Fsp3) is 0.765. The van der Waals surface area contributed by atoms with Crippen LogP contribution in [-0.2, 0) is 26.4 Å². The quantitative estimate of drug-likeness (QED) is 0.838. The Bertz CT molecular complexity index is 525. The summed E-state index contributed by atoms with van der Waals surface area (Å²) in [6.45, 7) is 7.78. The van der Waals surface area contributed by atoms with Gasteiger partial charge in [-0.3, -0.25) is 4.68 Å². The smallest absolute Gasteiger partial charge is 0.315 e. The third-order valence-electron chi connectivity index (χ3n) is 4.73. The fourth-order valence-electron chi connectivity index (χ4n) is 3.50. The van der Waals surface area contributed by atoms with Crippen LogP contribution in [0.2, 0.25) is 0 Å². The number of nitrogens with one attached hydrogen (secondary N) is 2. The number of rotatable bonds is 6. The standard InChI is InChI=1S/C17H31N5O/c1-5-15-14(16(6-2)22(4)20-15)11-19-17(23)18-10-13-8-7-9-21(3)12-13/h13H,5-12H2,1-4H3,(H2,18,19,23). The van der Waals surface area contributed by atoms with E-state index in [2.05, 4.69) is 41.5 Å². The van der Waals surface area contributed by atoms with Crippen LogP contribution < -0.4 is 10.6 Å². The van der Waals surface area contributed by atoms with E-state index in [4.69, 9.17) is 0 Å². The zero-order chi connectivity index (χ0) is 16.8. The van der Waals surface area contributed by atoms with Gasteiger partial charge in [-0.15, -0.1) is 0 Å². The van der Waals surface area contributed by atoms with E-state index in [1.807, 2.05) is 11.7 Å². The Labute approximate surface area is 139 Å². The lowest BCUT2D eigenvalue weighted by atomic mass is 9.99. The highest BCUT2D eigenvalue weighted by Gasteiger charge is 2.18. The number of hydrogen-bond acceptors (Lipinski definition) is 3. The Hall–Kier alpha value is -1.56. The van der Waals surface area contributed by atoms with Crippen molar-refractivity contribution in [3.8, 4) is 0 Å². The van der Waals surface area contributed by atoms with Crippen LogP contribution in [0.25, 0.3) is 0 Å². The molecule has 1 aromatic rings. The summed E-state index contributed by atoms with van der Waals surface area (Å²) < 4.78 is 1.94. The van der Waals surface area contributed by atoms with Crippen LogP contribution in [0.4, 0.5) is 4.79 Å². The van der Waals surface area contributed by atoms with E-state index in [9.17, 15) is 4.79 Å². The predicted octanol–water partition coefficient (Wildman–Crippen LogP) is 1.69. The van der Waals surface area contributed by atoms with E-state index < -0.39 is 0 Å². The van der Waals surface area contributed by atoms with Crippen LogP contribution in [0, 0.1) is 5.92 Å². The minimum Gasteiger partial charge on any atom is -0.338 e. The normalized spacial score (nSPS) is 18.9. The Morgan fingerprint density at radius 2 is 2.04 bits per heavy atom. The molecule has 0 bridgehead atoms. The number of hydrogen-bond donors (Lipinski definition) is 2. The molecular formula is C17H31N5O. The first-order chi connectivity index (χ1) is 11.0. The Kier molecular flexibility index (Phi) is 6.45. The van der Waals surface area contributed by atoms with Crippen molar-refractivity contribution in [3.63, 3.8) is 0 Å². The second-order valence-electron chi connectivity index (χ2n) is 6.54. The molecule has 1 fully saturated rings. The first kappa shape index (κ1) is 17.8. The fourth-order valence-corrected chi connectivity index (χ4v) is 3.50. The number of amides is 2. The predicted molar refractivity (Wildman–Crippen MR) is 92.4 cm³/mol. The van der Waals surface area contributed by atoms with Crippen molar-refractivity contribution < 1.29 is 4.79 Å². The SMILES string of the molecule is CCc1nn(C)c(CC)c1CNC(=O)NCC1CCCN(C)C1. The number of aryl methyl sites for hydroxylation is 2. The van der Waals surface area contributed by atoms with Crippen molar-refractivity contribution in [3.05, 3.63) is 17.0 Å². The topological polar surface area (TPSA) is 62.2 Å². The van der Waals surface area contributed by atoms with E-state index in [0.29, 0.717) is 12.5 Å². The largest absolute Gasteiger partial charge is 0.338 e. The number of aromatic nitrogens is 2. The molecule has 1 unspecified atom stereocenters. The number of urea groups is 1. The Balaban J connectivity index is 1.82. The summed E-state index contributed by atoms with van der Waals surface area (Å²) in [7, 11) is 4.12. The maximum atomic E-state index is 12.1. The van der Waals surface area contributed by atoms with Gasteiger partial charge >= 0.3 is 6.03 Å². The minimum atomic E-state index is -0.0776. The monoisotopic (exact) mass is 321 g/mol. The number of nitrogens with zero attached hydrogens (tertiary/aromatic N) is 3. The van der Waals surface area contributed by atoms with E-state index >= 15 is 0 Å². The van der Waals surface area contributed by atoms with Gasteiger partial charge in [-0.25, -0.2) is 4.79 Å². The second-order valence-corrected chi connectivity index (χ2v) is 6.54. The van der Waals surface area contributed by atoms with Gasteiger partial charge in [0.25, 0.3) is 0 Å². The zero-order valence-corrected chi connectivity index (χ0v) is 15.0. The molecule has 0 spiro atoms. The van der Waals surface area contributed by atoms with Crippen LogP contribution in [0.15, 0.2) is 0 Å². The molecule has 1 atom stereocenters. The lowest BCUT2D eigenvalue weighted by Gasteiger charge is -2.29. The third-order valence-corrected chi connectivity index (χ3v) is 4.73. The van der Waals surface area contributed by atoms with Gasteiger partial charge in [0.15, 0.2) is 0 Å². The molecule has 2 heterocycles. The Morgan fingerprint density at radius 3 is 2.70 bits per heavy atom. The number of likely N-dealkylation sites (tertiary alicyclic amines) is 1. The molecule has 0 saturated carbocycles. The summed E-state index contributed by atoms with van der Waals surface area (Å²) in [5.74, 6) is 0.565. The maximum Gasteiger partial charge on any atom is 0.315 e. The molecule has 2 amide bonds. The summed E-state index contributed by atoms with van der Waals surface area (Å²) in [6.07, 6.45) is 4.24. The molecule has 2 N–H and O–H groups in total. The molecule has 2 rings (SSSR count). The highest BCUT2D eigenvalue weighted by molar-refractivity contribution is 5.73. The van der Waals surface area contributed by atoms with Gasteiger partial charge in [0.05, 0.1) is 5.69 Å². The van der Waals surface area contributed by atoms with Crippen molar-refractivity contribution >= 4 is 6.03 Å². The molecule has 1 aliphatic heterocycles. The third kappa shape index (κ3) is 4.70. The van der Waals surface area contributed by atoms with Gasteiger partial charge in [-0.1, -0.05) is 13.8 Å². The molecular weight excluding hydrogens is 290 g/mol. The van der Waals surface area contributed by atoms with E-state index in [1.165, 1.54) is 30.6 Å². The first-order valence-electron chi connectivity index (χ1n) is 8.78. The van der Waals surface area contributed by atoms with Crippen LogP contribution in [0.3, 0.4) is 0 Å². The molecule has 1 saturated heterocycles. The molecule has 0 aliphatic carbocycles. The lowest BCUT2D eigenvalue weighted by molar-refractivity contribution is 0.202. The lowest BCUT2D eigenvalue weighted by Crippen LogP contribution is -2.42. The number of piperidine rings is 1. The summed E-state index contributed by atoms with van der Waals surface area (Å²) in [6, 6.07) is -0.0776. The van der Waals surface area contributed by atoms with Crippen molar-refractivity contribution in [1.82, 2.24) is 25.3 Å². The van der Waals surface area contributed by atoms with Gasteiger partial charge in [0, 0.05) is 37.9 Å². The average molecular weight is 321 g/mol. The maximum absolute atomic E-state index is 12.1. The summed E-state index contributed by atoms with van der Waals surface area (Å²) in [5.41, 5.74) is 3.46. The summed E-state index contributed by atoms with van der Waals surface area (Å²) >= 11 is 0. The van der Waals surface area contributed by atoms with Gasteiger partial charge in [-0.2, -0.15) is 5.10 Å². The van der Waals surface area contributed by atoms with Crippen LogP contribution in [0.5, 0.6) is 0 Å². The number of carbonyl (C=O) groups excluding carboxylic acids is 1. The van der Waals surface area contributed by atoms with E-state index in [-0.39, 0.29) is 6.03 Å². The van der Waals surface area contributed by atoms with E-state index in [1.54, 1.807) is 0 Å². The summed E-state index contributed by atoms with van der Waals surface area (Å²) in [5, 5.41) is 10.6. The number of carbonyl (C=O) groups is 1. The molecule has 6 nitrogen and oxygen atoms in total. The molecule has 0 aromatic carbocycles. The van der Waals surface area contributed by atoms with Crippen LogP contribution in [0.1, 0.15) is 43.6 Å². The van der Waals surface area contributed by atoms with E-state index in [0.717, 1.165) is 31.6 Å². The van der Waals surface area contributed by atoms with Crippen LogP contribution in [-0.4, -0.2) is 47.4 Å². The van der Waals surface area contributed by atoms with Crippen molar-refractivity contribution in [2.45, 2.75) is 46.1 Å². The van der Waals surface area contributed by atoms with Crippen molar-refractivity contribution in [2.75, 3.05) is 26.7 Å². The highest BCUT2D eigenvalue weighted by Crippen LogP contribution is 2.15.